The molecule has 2 heterocycles. The van der Waals surface area contributed by atoms with Crippen molar-refractivity contribution in [3.63, 3.8) is 0 Å². The Hall–Kier alpha value is -2.87. The Bertz CT molecular complexity index is 842. The van der Waals surface area contributed by atoms with Gasteiger partial charge in [-0.3, -0.25) is 14.5 Å². The molecule has 0 radical (unpaired) electrons. The summed E-state index contributed by atoms with van der Waals surface area (Å²) in [5, 5.41) is 9.45. The van der Waals surface area contributed by atoms with E-state index in [1.165, 1.54) is 4.90 Å². The highest BCUT2D eigenvalue weighted by Gasteiger charge is 2.34. The average molecular weight is 394 g/mol. The maximum Gasteiger partial charge on any atom is 0.271 e. The summed E-state index contributed by atoms with van der Waals surface area (Å²) in [5.41, 5.74) is 1.85. The molecule has 0 bridgehead atoms. The zero-order valence-electron chi connectivity index (χ0n) is 18.2. The van der Waals surface area contributed by atoms with E-state index in [0.29, 0.717) is 17.7 Å². The third kappa shape index (κ3) is 5.35. The van der Waals surface area contributed by atoms with Crippen LogP contribution in [0.2, 0.25) is 0 Å². The van der Waals surface area contributed by atoms with Crippen molar-refractivity contribution in [1.29, 1.82) is 5.26 Å². The minimum atomic E-state index is -0.477. The van der Waals surface area contributed by atoms with Gasteiger partial charge in [-0.05, 0) is 63.5 Å². The van der Waals surface area contributed by atoms with Gasteiger partial charge in [-0.25, -0.2) is 0 Å². The predicted octanol–water partition coefficient (Wildman–Crippen LogP) is 4.77. The summed E-state index contributed by atoms with van der Waals surface area (Å²) in [6, 6.07) is 1.99. The molecule has 29 heavy (non-hydrogen) atoms. The fraction of sp³-hybridized carbons (Fsp3) is 0.458. The average Bonchev–Trinajstić information content (AvgIpc) is 2.67. The molecule has 2 amide bonds. The van der Waals surface area contributed by atoms with Gasteiger partial charge in [0.2, 0.25) is 0 Å². The molecule has 5 heteroatoms. The largest absolute Gasteiger partial charge is 0.349 e. The first kappa shape index (κ1) is 22.4. The van der Waals surface area contributed by atoms with E-state index in [4.69, 9.17) is 0 Å². The van der Waals surface area contributed by atoms with Gasteiger partial charge in [0.05, 0.1) is 0 Å². The number of nitrogens with zero attached hydrogens (tertiary/aromatic N) is 3. The van der Waals surface area contributed by atoms with E-state index in [0.717, 1.165) is 31.3 Å². The van der Waals surface area contributed by atoms with Crippen molar-refractivity contribution in [3.05, 3.63) is 59.0 Å². The summed E-state index contributed by atoms with van der Waals surface area (Å²) in [6.45, 7) is 10.5. The van der Waals surface area contributed by atoms with Crippen LogP contribution in [-0.2, 0) is 9.59 Å². The van der Waals surface area contributed by atoms with Crippen LogP contribution in [0.4, 0.5) is 0 Å². The molecule has 0 unspecified atom stereocenters. The minimum absolute atomic E-state index is 0.00398. The zero-order chi connectivity index (χ0) is 21.6. The maximum absolute atomic E-state index is 12.9. The summed E-state index contributed by atoms with van der Waals surface area (Å²) >= 11 is 0. The molecule has 0 N–H and O–H groups in total. The molecular formula is C24H31N3O2. The molecule has 2 aliphatic heterocycles. The number of hydrogen-bond donors (Lipinski definition) is 0. The lowest BCUT2D eigenvalue weighted by molar-refractivity contribution is -0.140. The van der Waals surface area contributed by atoms with Crippen molar-refractivity contribution < 1.29 is 9.59 Å². The Morgan fingerprint density at radius 1 is 1.03 bits per heavy atom. The van der Waals surface area contributed by atoms with Gasteiger partial charge in [-0.1, -0.05) is 32.3 Å². The van der Waals surface area contributed by atoms with Crippen molar-refractivity contribution in [2.24, 2.45) is 0 Å². The van der Waals surface area contributed by atoms with Crippen LogP contribution in [0, 0.1) is 11.3 Å². The van der Waals surface area contributed by atoms with Gasteiger partial charge in [-0.2, -0.15) is 5.26 Å². The Labute approximate surface area is 174 Å². The Balaban J connectivity index is 2.27. The first-order valence-electron chi connectivity index (χ1n) is 10.2. The van der Waals surface area contributed by atoms with Crippen LogP contribution >= 0.6 is 0 Å². The SMILES string of the molecule is CCCCCCN1C(=O)C(C#N)=C(C)/C(=C/C=C2C=CN(C(C)(C)C)C=C2)C1=O. The van der Waals surface area contributed by atoms with Crippen molar-refractivity contribution in [2.75, 3.05) is 6.54 Å². The number of hydrogen-bond acceptors (Lipinski definition) is 4. The van der Waals surface area contributed by atoms with Crippen LogP contribution in [0.25, 0.3) is 0 Å². The van der Waals surface area contributed by atoms with Crippen molar-refractivity contribution in [2.45, 2.75) is 65.8 Å². The van der Waals surface area contributed by atoms with E-state index in [9.17, 15) is 14.9 Å². The third-order valence-corrected chi connectivity index (χ3v) is 5.13. The monoisotopic (exact) mass is 393 g/mol. The maximum atomic E-state index is 12.9. The topological polar surface area (TPSA) is 64.4 Å². The zero-order valence-corrected chi connectivity index (χ0v) is 18.2. The Kier molecular flexibility index (Phi) is 7.39. The van der Waals surface area contributed by atoms with Gasteiger partial charge in [0.1, 0.15) is 11.6 Å². The summed E-state index contributed by atoms with van der Waals surface area (Å²) < 4.78 is 0. The van der Waals surface area contributed by atoms with Gasteiger partial charge in [0.25, 0.3) is 11.8 Å². The van der Waals surface area contributed by atoms with Crippen LogP contribution in [-0.4, -0.2) is 33.7 Å². The van der Waals surface area contributed by atoms with E-state index in [2.05, 4.69) is 32.6 Å². The first-order chi connectivity index (χ1) is 13.7. The van der Waals surface area contributed by atoms with E-state index < -0.39 is 5.91 Å². The second-order valence-electron chi connectivity index (χ2n) is 8.39. The second kappa shape index (κ2) is 9.56. The van der Waals surface area contributed by atoms with Crippen LogP contribution < -0.4 is 0 Å². The molecule has 154 valence electrons. The second-order valence-corrected chi connectivity index (χ2v) is 8.39. The molecule has 0 saturated carbocycles. The van der Waals surface area contributed by atoms with Crippen LogP contribution in [0.15, 0.2) is 59.0 Å². The highest BCUT2D eigenvalue weighted by molar-refractivity contribution is 6.18. The third-order valence-electron chi connectivity index (χ3n) is 5.13. The van der Waals surface area contributed by atoms with E-state index in [1.807, 2.05) is 36.7 Å². The molecule has 0 saturated heterocycles. The number of imide groups is 1. The normalized spacial score (nSPS) is 18.8. The molecule has 0 aliphatic carbocycles. The lowest BCUT2D eigenvalue weighted by Crippen LogP contribution is -2.43. The summed E-state index contributed by atoms with van der Waals surface area (Å²) in [7, 11) is 0. The highest BCUT2D eigenvalue weighted by Crippen LogP contribution is 2.26. The molecule has 2 rings (SSSR count). The Morgan fingerprint density at radius 3 is 2.24 bits per heavy atom. The molecule has 0 aromatic carbocycles. The quantitative estimate of drug-likeness (QED) is 0.370. The number of nitriles is 1. The smallest absolute Gasteiger partial charge is 0.271 e. The number of rotatable bonds is 6. The molecule has 0 fully saturated rings. The van der Waals surface area contributed by atoms with Crippen LogP contribution in [0.1, 0.15) is 60.3 Å². The number of amides is 2. The standard InChI is InChI=1S/C24H31N3O2/c1-6-7-8-9-14-27-22(28)20(18(2)21(17-25)23(27)29)11-10-19-12-15-26(16-13-19)24(3,4)5/h10-13,15-16H,6-9,14H2,1-5H3/b20-11-. The minimum Gasteiger partial charge on any atom is -0.349 e. The number of unbranched alkanes of at least 4 members (excludes halogenated alkanes) is 3. The van der Waals surface area contributed by atoms with E-state index in [-0.39, 0.29) is 17.0 Å². The number of carbonyl (C=O) groups excluding carboxylic acids is 2. The van der Waals surface area contributed by atoms with Crippen molar-refractivity contribution in [1.82, 2.24) is 9.80 Å². The van der Waals surface area contributed by atoms with Gasteiger partial charge in [0.15, 0.2) is 0 Å². The molecule has 0 spiro atoms. The predicted molar refractivity (Wildman–Crippen MR) is 115 cm³/mol. The number of allylic oxidation sites excluding steroid dienone is 5. The van der Waals surface area contributed by atoms with Gasteiger partial charge >= 0.3 is 0 Å². The molecule has 0 atom stereocenters. The first-order valence-corrected chi connectivity index (χ1v) is 10.2. The fourth-order valence-electron chi connectivity index (χ4n) is 3.23. The summed E-state index contributed by atoms with van der Waals surface area (Å²) in [4.78, 5) is 28.9. The van der Waals surface area contributed by atoms with Gasteiger partial charge < -0.3 is 4.90 Å². The van der Waals surface area contributed by atoms with Gasteiger partial charge in [-0.15, -0.1) is 0 Å². The van der Waals surface area contributed by atoms with Crippen LogP contribution in [0.3, 0.4) is 0 Å². The lowest BCUT2D eigenvalue weighted by atomic mass is 9.94. The van der Waals surface area contributed by atoms with E-state index >= 15 is 0 Å². The number of carbonyl (C=O) groups is 2. The van der Waals surface area contributed by atoms with Crippen LogP contribution in [0.5, 0.6) is 0 Å². The summed E-state index contributed by atoms with van der Waals surface area (Å²) in [6.07, 6.45) is 15.4. The fourth-order valence-corrected chi connectivity index (χ4v) is 3.23. The molecule has 0 aromatic rings. The molecule has 0 aromatic heterocycles. The molecular weight excluding hydrogens is 362 g/mol. The Morgan fingerprint density at radius 2 is 1.69 bits per heavy atom. The highest BCUT2D eigenvalue weighted by atomic mass is 16.2. The van der Waals surface area contributed by atoms with Crippen molar-refractivity contribution in [3.8, 4) is 6.07 Å². The lowest BCUT2D eigenvalue weighted by Gasteiger charge is -2.33. The van der Waals surface area contributed by atoms with Crippen molar-refractivity contribution >= 4 is 11.8 Å². The molecule has 5 nitrogen and oxygen atoms in total. The van der Waals surface area contributed by atoms with Gasteiger partial charge in [0, 0.05) is 30.1 Å². The van der Waals surface area contributed by atoms with E-state index in [1.54, 1.807) is 13.0 Å². The molecule has 2 aliphatic rings. The summed E-state index contributed by atoms with van der Waals surface area (Å²) in [5.74, 6) is -0.797.